The average molecular weight is 192 g/mol. The molecule has 0 radical (unpaired) electrons. The van der Waals surface area contributed by atoms with Crippen LogP contribution >= 0.6 is 0 Å². The van der Waals surface area contributed by atoms with Crippen LogP contribution in [0, 0.1) is 0 Å². The van der Waals surface area contributed by atoms with Crippen molar-refractivity contribution in [1.29, 1.82) is 0 Å². The molecule has 1 aromatic heterocycles. The van der Waals surface area contributed by atoms with Crippen molar-refractivity contribution >= 4 is 0 Å². The van der Waals surface area contributed by atoms with Gasteiger partial charge in [0.15, 0.2) is 0 Å². The monoisotopic (exact) mass is 192 g/mol. The fraction of sp³-hybridized carbons (Fsp3) is 0.583. The van der Waals surface area contributed by atoms with Crippen molar-refractivity contribution < 1.29 is 0 Å². The Hall–Kier alpha value is -0.890. The first-order valence-electron chi connectivity index (χ1n) is 5.43. The number of hydrogen-bond acceptors (Lipinski definition) is 2. The van der Waals surface area contributed by atoms with E-state index in [1.54, 1.807) is 0 Å². The van der Waals surface area contributed by atoms with E-state index < -0.39 is 0 Å². The summed E-state index contributed by atoms with van der Waals surface area (Å²) in [7, 11) is 0. The van der Waals surface area contributed by atoms with Gasteiger partial charge in [-0.2, -0.15) is 0 Å². The number of nitrogens with one attached hydrogen (secondary N) is 1. The molecule has 0 spiro atoms. The highest BCUT2D eigenvalue weighted by Crippen LogP contribution is 2.12. The van der Waals surface area contributed by atoms with E-state index in [9.17, 15) is 0 Å². The van der Waals surface area contributed by atoms with Gasteiger partial charge < -0.3 is 5.32 Å². The largest absolute Gasteiger partial charge is 0.307 e. The zero-order valence-corrected chi connectivity index (χ0v) is 9.33. The SMILES string of the molecule is CCC(CC)N[C@H](C)c1ccncc1. The number of nitrogens with zero attached hydrogens (tertiary/aromatic N) is 1. The lowest BCUT2D eigenvalue weighted by Crippen LogP contribution is -2.30. The molecule has 0 saturated carbocycles. The Bertz CT molecular complexity index is 242. The maximum atomic E-state index is 4.02. The van der Waals surface area contributed by atoms with Crippen LogP contribution in [0.3, 0.4) is 0 Å². The Balaban J connectivity index is 2.54. The van der Waals surface area contributed by atoms with Crippen LogP contribution in [0.1, 0.15) is 45.2 Å². The van der Waals surface area contributed by atoms with E-state index in [2.05, 4.69) is 43.2 Å². The van der Waals surface area contributed by atoms with Crippen molar-refractivity contribution in [2.75, 3.05) is 0 Å². The Morgan fingerprint density at radius 1 is 1.21 bits per heavy atom. The summed E-state index contributed by atoms with van der Waals surface area (Å²) in [4.78, 5) is 4.02. The van der Waals surface area contributed by atoms with Gasteiger partial charge in [0.2, 0.25) is 0 Å². The van der Waals surface area contributed by atoms with Gasteiger partial charge >= 0.3 is 0 Å². The minimum atomic E-state index is 0.419. The van der Waals surface area contributed by atoms with Gasteiger partial charge in [0.1, 0.15) is 0 Å². The number of pyridine rings is 1. The predicted molar refractivity (Wildman–Crippen MR) is 60.2 cm³/mol. The van der Waals surface area contributed by atoms with Crippen molar-refractivity contribution in [2.45, 2.75) is 45.7 Å². The van der Waals surface area contributed by atoms with Gasteiger partial charge in [-0.3, -0.25) is 4.98 Å². The average Bonchev–Trinajstić information content (AvgIpc) is 2.26. The Morgan fingerprint density at radius 3 is 2.29 bits per heavy atom. The molecule has 0 aliphatic rings. The topological polar surface area (TPSA) is 24.9 Å². The van der Waals surface area contributed by atoms with Crippen molar-refractivity contribution in [2.24, 2.45) is 0 Å². The van der Waals surface area contributed by atoms with E-state index in [1.807, 2.05) is 12.4 Å². The highest BCUT2D eigenvalue weighted by molar-refractivity contribution is 5.14. The van der Waals surface area contributed by atoms with Crippen molar-refractivity contribution in [3.8, 4) is 0 Å². The Morgan fingerprint density at radius 2 is 1.79 bits per heavy atom. The lowest BCUT2D eigenvalue weighted by Gasteiger charge is -2.21. The highest BCUT2D eigenvalue weighted by atomic mass is 14.9. The summed E-state index contributed by atoms with van der Waals surface area (Å²) in [5.74, 6) is 0. The summed E-state index contributed by atoms with van der Waals surface area (Å²) in [6.45, 7) is 6.65. The molecule has 0 unspecified atom stereocenters. The molecule has 1 atom stereocenters. The minimum Gasteiger partial charge on any atom is -0.307 e. The molecule has 2 nitrogen and oxygen atoms in total. The van der Waals surface area contributed by atoms with Gasteiger partial charge in [-0.15, -0.1) is 0 Å². The van der Waals surface area contributed by atoms with Crippen LogP contribution in [0.5, 0.6) is 0 Å². The van der Waals surface area contributed by atoms with Crippen LogP contribution in [0.25, 0.3) is 0 Å². The molecular weight excluding hydrogens is 172 g/mol. The maximum absolute atomic E-state index is 4.02. The standard InChI is InChI=1S/C12H20N2/c1-4-12(5-2)14-10(3)11-6-8-13-9-7-11/h6-10,12,14H,4-5H2,1-3H3/t10-/m1/s1. The van der Waals surface area contributed by atoms with E-state index in [4.69, 9.17) is 0 Å². The van der Waals surface area contributed by atoms with Gasteiger partial charge in [-0.25, -0.2) is 0 Å². The zero-order valence-electron chi connectivity index (χ0n) is 9.33. The van der Waals surface area contributed by atoms with Gasteiger partial charge in [-0.05, 0) is 37.5 Å². The van der Waals surface area contributed by atoms with E-state index >= 15 is 0 Å². The molecule has 0 aliphatic heterocycles. The third-order valence-corrected chi connectivity index (χ3v) is 2.68. The number of aromatic nitrogens is 1. The molecule has 0 fully saturated rings. The molecule has 0 amide bonds. The first kappa shape index (κ1) is 11.2. The van der Waals surface area contributed by atoms with Crippen LogP contribution < -0.4 is 5.32 Å². The third-order valence-electron chi connectivity index (χ3n) is 2.68. The number of hydrogen-bond donors (Lipinski definition) is 1. The first-order chi connectivity index (χ1) is 6.77. The molecular formula is C12H20N2. The normalized spacial score (nSPS) is 13.1. The lowest BCUT2D eigenvalue weighted by molar-refractivity contribution is 0.432. The summed E-state index contributed by atoms with van der Waals surface area (Å²) < 4.78 is 0. The molecule has 1 rings (SSSR count). The summed E-state index contributed by atoms with van der Waals surface area (Å²) in [6, 6.07) is 5.18. The van der Waals surface area contributed by atoms with E-state index in [0.29, 0.717) is 12.1 Å². The first-order valence-corrected chi connectivity index (χ1v) is 5.43. The number of rotatable bonds is 5. The Kier molecular flexibility index (Phi) is 4.60. The maximum Gasteiger partial charge on any atom is 0.0295 e. The quantitative estimate of drug-likeness (QED) is 0.776. The van der Waals surface area contributed by atoms with E-state index in [-0.39, 0.29) is 0 Å². The molecule has 0 aliphatic carbocycles. The smallest absolute Gasteiger partial charge is 0.0295 e. The summed E-state index contributed by atoms with van der Waals surface area (Å²) in [6.07, 6.45) is 6.07. The van der Waals surface area contributed by atoms with Gasteiger partial charge in [-0.1, -0.05) is 13.8 Å². The fourth-order valence-corrected chi connectivity index (χ4v) is 1.63. The second-order valence-electron chi connectivity index (χ2n) is 3.68. The molecule has 1 heterocycles. The van der Waals surface area contributed by atoms with Crippen LogP contribution in [0.15, 0.2) is 24.5 Å². The predicted octanol–water partition coefficient (Wildman–Crippen LogP) is 2.92. The van der Waals surface area contributed by atoms with E-state index in [0.717, 1.165) is 0 Å². The molecule has 0 saturated heterocycles. The van der Waals surface area contributed by atoms with Gasteiger partial charge in [0.25, 0.3) is 0 Å². The summed E-state index contributed by atoms with van der Waals surface area (Å²) >= 11 is 0. The lowest BCUT2D eigenvalue weighted by atomic mass is 10.1. The second-order valence-corrected chi connectivity index (χ2v) is 3.68. The van der Waals surface area contributed by atoms with Crippen LogP contribution in [0.4, 0.5) is 0 Å². The van der Waals surface area contributed by atoms with Crippen molar-refractivity contribution in [3.63, 3.8) is 0 Å². The highest BCUT2D eigenvalue weighted by Gasteiger charge is 2.09. The van der Waals surface area contributed by atoms with Gasteiger partial charge in [0.05, 0.1) is 0 Å². The Labute approximate surface area is 86.8 Å². The van der Waals surface area contributed by atoms with Crippen molar-refractivity contribution in [1.82, 2.24) is 10.3 Å². The van der Waals surface area contributed by atoms with Gasteiger partial charge in [0, 0.05) is 24.5 Å². The minimum absolute atomic E-state index is 0.419. The molecule has 2 heteroatoms. The zero-order chi connectivity index (χ0) is 10.4. The van der Waals surface area contributed by atoms with Crippen LogP contribution in [-0.4, -0.2) is 11.0 Å². The third kappa shape index (κ3) is 3.11. The second kappa shape index (κ2) is 5.76. The molecule has 0 bridgehead atoms. The van der Waals surface area contributed by atoms with Crippen LogP contribution in [-0.2, 0) is 0 Å². The van der Waals surface area contributed by atoms with Crippen LogP contribution in [0.2, 0.25) is 0 Å². The molecule has 78 valence electrons. The molecule has 1 N–H and O–H groups in total. The summed E-state index contributed by atoms with van der Waals surface area (Å²) in [5, 5.41) is 3.60. The molecule has 0 aromatic carbocycles. The van der Waals surface area contributed by atoms with E-state index in [1.165, 1.54) is 18.4 Å². The summed E-state index contributed by atoms with van der Waals surface area (Å²) in [5.41, 5.74) is 1.31. The van der Waals surface area contributed by atoms with Crippen molar-refractivity contribution in [3.05, 3.63) is 30.1 Å². The molecule has 14 heavy (non-hydrogen) atoms. The fourth-order valence-electron chi connectivity index (χ4n) is 1.63. The molecule has 1 aromatic rings.